The first-order chi connectivity index (χ1) is 11.4. The molecule has 0 aliphatic rings. The van der Waals surface area contributed by atoms with Gasteiger partial charge in [-0.3, -0.25) is 4.79 Å². The van der Waals surface area contributed by atoms with Gasteiger partial charge < -0.3 is 20.1 Å². The molecule has 128 valence electrons. The van der Waals surface area contributed by atoms with Crippen LogP contribution in [0.15, 0.2) is 24.3 Å². The van der Waals surface area contributed by atoms with Crippen LogP contribution >= 0.6 is 0 Å². The fourth-order valence-electron chi connectivity index (χ4n) is 2.12. The first kappa shape index (κ1) is 17.5. The second-order valence-electron chi connectivity index (χ2n) is 5.54. The van der Waals surface area contributed by atoms with Crippen LogP contribution in [0.5, 0.6) is 11.5 Å². The highest BCUT2D eigenvalue weighted by Gasteiger charge is 2.12. The molecule has 1 heterocycles. The van der Waals surface area contributed by atoms with E-state index in [1.165, 1.54) is 0 Å². The number of nitrogens with one attached hydrogen (secondary N) is 2. The van der Waals surface area contributed by atoms with Crippen molar-refractivity contribution in [1.82, 2.24) is 15.3 Å². The number of hydrogen-bond donors (Lipinski definition) is 2. The monoisotopic (exact) mass is 330 g/mol. The summed E-state index contributed by atoms with van der Waals surface area (Å²) in [7, 11) is 3.15. The van der Waals surface area contributed by atoms with Gasteiger partial charge in [-0.25, -0.2) is 9.97 Å². The second kappa shape index (κ2) is 7.63. The Morgan fingerprint density at radius 1 is 1.08 bits per heavy atom. The summed E-state index contributed by atoms with van der Waals surface area (Å²) in [4.78, 5) is 20.7. The van der Waals surface area contributed by atoms with E-state index in [1.807, 2.05) is 26.8 Å². The number of ether oxygens (including phenoxy) is 2. The predicted octanol–water partition coefficient (Wildman–Crippen LogP) is 2.68. The molecule has 7 nitrogen and oxygen atoms in total. The van der Waals surface area contributed by atoms with Gasteiger partial charge in [-0.1, -0.05) is 0 Å². The summed E-state index contributed by atoms with van der Waals surface area (Å²) in [6.07, 6.45) is 0. The number of aryl methyl sites for hydroxylation is 1. The van der Waals surface area contributed by atoms with Gasteiger partial charge in [0.1, 0.15) is 5.69 Å². The molecule has 0 saturated carbocycles. The molecule has 0 spiro atoms. The summed E-state index contributed by atoms with van der Waals surface area (Å²) < 4.78 is 10.5. The number of carbonyl (C=O) groups excluding carboxylic acids is 1. The summed E-state index contributed by atoms with van der Waals surface area (Å²) >= 11 is 0. The van der Waals surface area contributed by atoms with Crippen LogP contribution in [0, 0.1) is 6.92 Å². The Morgan fingerprint density at radius 3 is 2.42 bits per heavy atom. The van der Waals surface area contributed by atoms with E-state index in [0.717, 1.165) is 5.69 Å². The highest BCUT2D eigenvalue weighted by Crippen LogP contribution is 2.30. The summed E-state index contributed by atoms with van der Waals surface area (Å²) in [6.45, 7) is 5.61. The molecule has 0 aliphatic carbocycles. The van der Waals surface area contributed by atoms with Crippen LogP contribution < -0.4 is 20.1 Å². The number of nitrogens with zero attached hydrogens (tertiary/aromatic N) is 2. The molecule has 7 heteroatoms. The molecule has 0 aliphatic heterocycles. The largest absolute Gasteiger partial charge is 0.493 e. The van der Waals surface area contributed by atoms with Crippen LogP contribution in [0.2, 0.25) is 0 Å². The molecule has 0 atom stereocenters. The quantitative estimate of drug-likeness (QED) is 0.847. The van der Waals surface area contributed by atoms with Crippen LogP contribution in [-0.2, 0) is 0 Å². The van der Waals surface area contributed by atoms with Gasteiger partial charge in [0.25, 0.3) is 5.91 Å². The Morgan fingerprint density at radius 2 is 1.79 bits per heavy atom. The molecule has 1 aromatic heterocycles. The van der Waals surface area contributed by atoms with Crippen LogP contribution in [0.25, 0.3) is 0 Å². The van der Waals surface area contributed by atoms with E-state index in [1.54, 1.807) is 32.4 Å². The molecule has 0 fully saturated rings. The molecule has 2 rings (SSSR count). The van der Waals surface area contributed by atoms with E-state index in [2.05, 4.69) is 20.6 Å². The first-order valence-corrected chi connectivity index (χ1v) is 7.58. The molecule has 2 aromatic rings. The lowest BCUT2D eigenvalue weighted by Gasteiger charge is -2.12. The van der Waals surface area contributed by atoms with Crippen molar-refractivity contribution in [3.05, 3.63) is 35.7 Å². The molecule has 1 aromatic carbocycles. The molecule has 24 heavy (non-hydrogen) atoms. The van der Waals surface area contributed by atoms with Gasteiger partial charge in [0.15, 0.2) is 11.5 Å². The minimum atomic E-state index is -0.231. The van der Waals surface area contributed by atoms with E-state index in [9.17, 15) is 4.79 Å². The zero-order valence-corrected chi connectivity index (χ0v) is 14.5. The Balaban J connectivity index is 2.26. The third-order valence-corrected chi connectivity index (χ3v) is 3.15. The van der Waals surface area contributed by atoms with Gasteiger partial charge in [-0.2, -0.15) is 0 Å². The molecule has 0 bridgehead atoms. The van der Waals surface area contributed by atoms with Crippen LogP contribution in [0.4, 0.5) is 11.6 Å². The molecular weight excluding hydrogens is 308 g/mol. The fourth-order valence-corrected chi connectivity index (χ4v) is 2.12. The Labute approximate surface area is 141 Å². The second-order valence-corrected chi connectivity index (χ2v) is 5.54. The standard InChI is InChI=1S/C17H22N4O3/c1-10(2)18-16(22)13-8-11(3)19-17(21-13)20-12-6-7-14(23-4)15(9-12)24-5/h6-10H,1-5H3,(H,18,22)(H,19,20,21). The zero-order valence-electron chi connectivity index (χ0n) is 14.5. The number of hydrogen-bond acceptors (Lipinski definition) is 6. The lowest BCUT2D eigenvalue weighted by molar-refractivity contribution is 0.0938. The Kier molecular flexibility index (Phi) is 5.57. The number of rotatable bonds is 6. The van der Waals surface area contributed by atoms with Crippen molar-refractivity contribution in [1.29, 1.82) is 0 Å². The van der Waals surface area contributed by atoms with E-state index < -0.39 is 0 Å². The first-order valence-electron chi connectivity index (χ1n) is 7.58. The van der Waals surface area contributed by atoms with Gasteiger partial charge in [0.05, 0.1) is 14.2 Å². The minimum Gasteiger partial charge on any atom is -0.493 e. The van der Waals surface area contributed by atoms with Crippen molar-refractivity contribution < 1.29 is 14.3 Å². The Bertz CT molecular complexity index is 732. The van der Waals surface area contributed by atoms with Crippen LogP contribution in [0.3, 0.4) is 0 Å². The normalized spacial score (nSPS) is 10.4. The zero-order chi connectivity index (χ0) is 17.7. The number of benzene rings is 1. The van der Waals surface area contributed by atoms with Crippen molar-refractivity contribution in [2.24, 2.45) is 0 Å². The maximum absolute atomic E-state index is 12.1. The summed E-state index contributed by atoms with van der Waals surface area (Å²) in [5.41, 5.74) is 1.74. The van der Waals surface area contributed by atoms with E-state index in [4.69, 9.17) is 9.47 Å². The Hall–Kier alpha value is -2.83. The van der Waals surface area contributed by atoms with Gasteiger partial charge in [-0.15, -0.1) is 0 Å². The molecular formula is C17H22N4O3. The highest BCUT2D eigenvalue weighted by molar-refractivity contribution is 5.92. The molecule has 0 radical (unpaired) electrons. The van der Waals surface area contributed by atoms with E-state index in [-0.39, 0.29) is 11.9 Å². The van der Waals surface area contributed by atoms with Crippen molar-refractivity contribution in [2.75, 3.05) is 19.5 Å². The third kappa shape index (κ3) is 4.34. The SMILES string of the molecule is COc1ccc(Nc2nc(C)cc(C(=O)NC(C)C)n2)cc1OC. The fraction of sp³-hybridized carbons (Fsp3) is 0.353. The van der Waals surface area contributed by atoms with Gasteiger partial charge in [-0.05, 0) is 39.0 Å². The number of carbonyl (C=O) groups is 1. The topological polar surface area (TPSA) is 85.4 Å². The maximum atomic E-state index is 12.1. The molecule has 0 unspecified atom stereocenters. The highest BCUT2D eigenvalue weighted by atomic mass is 16.5. The lowest BCUT2D eigenvalue weighted by Crippen LogP contribution is -2.31. The summed E-state index contributed by atoms with van der Waals surface area (Å²) in [5, 5.41) is 5.90. The third-order valence-electron chi connectivity index (χ3n) is 3.15. The molecule has 2 N–H and O–H groups in total. The lowest BCUT2D eigenvalue weighted by atomic mass is 10.2. The van der Waals surface area contributed by atoms with Crippen molar-refractivity contribution in [3.63, 3.8) is 0 Å². The van der Waals surface area contributed by atoms with E-state index >= 15 is 0 Å². The van der Waals surface area contributed by atoms with Crippen molar-refractivity contribution >= 4 is 17.5 Å². The number of amides is 1. The average molecular weight is 330 g/mol. The summed E-state index contributed by atoms with van der Waals surface area (Å²) in [5.74, 6) is 1.33. The molecule has 1 amide bonds. The average Bonchev–Trinajstić information content (AvgIpc) is 2.53. The van der Waals surface area contributed by atoms with Crippen LogP contribution in [0.1, 0.15) is 30.0 Å². The van der Waals surface area contributed by atoms with Crippen molar-refractivity contribution in [3.8, 4) is 11.5 Å². The van der Waals surface area contributed by atoms with E-state index in [0.29, 0.717) is 28.8 Å². The maximum Gasteiger partial charge on any atom is 0.270 e. The van der Waals surface area contributed by atoms with Gasteiger partial charge in [0.2, 0.25) is 5.95 Å². The van der Waals surface area contributed by atoms with Gasteiger partial charge >= 0.3 is 0 Å². The number of anilines is 2. The van der Waals surface area contributed by atoms with Crippen LogP contribution in [-0.4, -0.2) is 36.1 Å². The van der Waals surface area contributed by atoms with Gasteiger partial charge in [0, 0.05) is 23.5 Å². The van der Waals surface area contributed by atoms with Crippen molar-refractivity contribution in [2.45, 2.75) is 26.8 Å². The molecule has 0 saturated heterocycles. The predicted molar refractivity (Wildman–Crippen MR) is 92.2 cm³/mol. The minimum absolute atomic E-state index is 0.0371. The number of aromatic nitrogens is 2. The smallest absolute Gasteiger partial charge is 0.270 e. The summed E-state index contributed by atoms with van der Waals surface area (Å²) in [6, 6.07) is 7.06. The number of methoxy groups -OCH3 is 2.